The number of nitrogens with one attached hydrogen (secondary N) is 1. The molecule has 142 valence electrons. The molecule has 0 aliphatic heterocycles. The summed E-state index contributed by atoms with van der Waals surface area (Å²) in [4.78, 5) is 16.8. The van der Waals surface area contributed by atoms with Crippen LogP contribution in [0.2, 0.25) is 5.02 Å². The smallest absolute Gasteiger partial charge is 0.236 e. The lowest BCUT2D eigenvalue weighted by molar-refractivity contribution is -0.113. The van der Waals surface area contributed by atoms with Crippen LogP contribution in [0.3, 0.4) is 0 Å². The normalized spacial score (nSPS) is 10.9. The van der Waals surface area contributed by atoms with Crippen LogP contribution in [0.25, 0.3) is 11.3 Å². The van der Waals surface area contributed by atoms with Gasteiger partial charge in [-0.25, -0.2) is 4.98 Å². The zero-order valence-corrected chi connectivity index (χ0v) is 17.5. The summed E-state index contributed by atoms with van der Waals surface area (Å²) in [7, 11) is 0. The van der Waals surface area contributed by atoms with Crippen LogP contribution >= 0.6 is 34.7 Å². The number of thioether (sulfide) groups is 1. The molecule has 0 radical (unpaired) electrons. The van der Waals surface area contributed by atoms with Gasteiger partial charge < -0.3 is 9.88 Å². The largest absolute Gasteiger partial charge is 0.306 e. The van der Waals surface area contributed by atoms with Crippen LogP contribution in [-0.4, -0.2) is 31.4 Å². The zero-order valence-electron chi connectivity index (χ0n) is 15.1. The Bertz CT molecular complexity index is 907. The van der Waals surface area contributed by atoms with E-state index < -0.39 is 0 Å². The van der Waals surface area contributed by atoms with Crippen LogP contribution in [-0.2, 0) is 17.8 Å². The number of halogens is 1. The second-order valence-electron chi connectivity index (χ2n) is 5.79. The summed E-state index contributed by atoms with van der Waals surface area (Å²) < 4.78 is 2.08. The lowest BCUT2D eigenvalue weighted by Crippen LogP contribution is -2.14. The molecular formula is C18H20ClN5OS2. The molecule has 0 spiro atoms. The predicted molar refractivity (Wildman–Crippen MR) is 112 cm³/mol. The van der Waals surface area contributed by atoms with Gasteiger partial charge >= 0.3 is 0 Å². The molecule has 6 nitrogen and oxygen atoms in total. The minimum atomic E-state index is -0.110. The summed E-state index contributed by atoms with van der Waals surface area (Å²) in [5, 5.41) is 15.2. The molecule has 1 amide bonds. The van der Waals surface area contributed by atoms with Crippen molar-refractivity contribution in [3.63, 3.8) is 0 Å². The zero-order chi connectivity index (χ0) is 19.2. The first-order valence-electron chi connectivity index (χ1n) is 8.66. The molecule has 0 bridgehead atoms. The van der Waals surface area contributed by atoms with Crippen LogP contribution in [0, 0.1) is 0 Å². The first-order valence-corrected chi connectivity index (χ1v) is 10.9. The van der Waals surface area contributed by atoms with Crippen molar-refractivity contribution in [2.75, 3.05) is 11.1 Å². The van der Waals surface area contributed by atoms with E-state index in [1.807, 2.05) is 29.6 Å². The van der Waals surface area contributed by atoms with E-state index in [1.54, 1.807) is 0 Å². The highest BCUT2D eigenvalue weighted by Gasteiger charge is 2.14. The fourth-order valence-corrected chi connectivity index (χ4v) is 4.15. The molecule has 0 saturated heterocycles. The number of benzene rings is 1. The number of carbonyl (C=O) groups is 1. The Morgan fingerprint density at radius 2 is 2.04 bits per heavy atom. The number of hydrogen-bond donors (Lipinski definition) is 1. The monoisotopic (exact) mass is 421 g/mol. The van der Waals surface area contributed by atoms with Gasteiger partial charge in [0.05, 0.1) is 11.4 Å². The van der Waals surface area contributed by atoms with Gasteiger partial charge in [0.25, 0.3) is 0 Å². The average molecular weight is 422 g/mol. The molecular weight excluding hydrogens is 402 g/mol. The van der Waals surface area contributed by atoms with Gasteiger partial charge in [0.2, 0.25) is 5.91 Å². The number of carbonyl (C=O) groups excluding carboxylic acids is 1. The maximum Gasteiger partial charge on any atom is 0.236 e. The second-order valence-corrected chi connectivity index (χ2v) is 8.02. The van der Waals surface area contributed by atoms with Gasteiger partial charge in [0.15, 0.2) is 10.3 Å². The lowest BCUT2D eigenvalue weighted by Gasteiger charge is -2.07. The number of hydrogen-bond acceptors (Lipinski definition) is 6. The van der Waals surface area contributed by atoms with Gasteiger partial charge in [-0.2, -0.15) is 0 Å². The number of thiazole rings is 1. The summed E-state index contributed by atoms with van der Waals surface area (Å²) in [5.41, 5.74) is 1.78. The number of rotatable bonds is 8. The number of amides is 1. The molecule has 3 aromatic rings. The van der Waals surface area contributed by atoms with Gasteiger partial charge in [-0.3, -0.25) is 4.79 Å². The number of nitrogens with zero attached hydrogens (tertiary/aromatic N) is 4. The first kappa shape index (κ1) is 19.9. The topological polar surface area (TPSA) is 72.7 Å². The summed E-state index contributed by atoms with van der Waals surface area (Å²) >= 11 is 8.71. The van der Waals surface area contributed by atoms with Gasteiger partial charge in [-0.05, 0) is 18.6 Å². The van der Waals surface area contributed by atoms with Crippen molar-refractivity contribution in [1.29, 1.82) is 0 Å². The Balaban J connectivity index is 1.59. The summed E-state index contributed by atoms with van der Waals surface area (Å²) in [6.45, 7) is 5.02. The average Bonchev–Trinajstić information content (AvgIpc) is 3.28. The Morgan fingerprint density at radius 3 is 2.74 bits per heavy atom. The maximum atomic E-state index is 12.3. The molecule has 1 N–H and O–H groups in total. The Hall–Kier alpha value is -1.90. The second kappa shape index (κ2) is 9.34. The van der Waals surface area contributed by atoms with Crippen molar-refractivity contribution in [1.82, 2.24) is 19.7 Å². The Labute approximate surface area is 171 Å². The van der Waals surface area contributed by atoms with E-state index in [9.17, 15) is 4.79 Å². The minimum absolute atomic E-state index is 0.110. The van der Waals surface area contributed by atoms with Crippen molar-refractivity contribution >= 4 is 45.7 Å². The fraction of sp³-hybridized carbons (Fsp3) is 0.333. The van der Waals surface area contributed by atoms with Crippen molar-refractivity contribution < 1.29 is 4.79 Å². The molecule has 27 heavy (non-hydrogen) atoms. The molecule has 3 rings (SSSR count). The highest BCUT2D eigenvalue weighted by molar-refractivity contribution is 7.99. The van der Waals surface area contributed by atoms with E-state index in [-0.39, 0.29) is 11.7 Å². The van der Waals surface area contributed by atoms with Gasteiger partial charge in [-0.1, -0.05) is 49.3 Å². The van der Waals surface area contributed by atoms with E-state index >= 15 is 0 Å². The minimum Gasteiger partial charge on any atom is -0.306 e. The highest BCUT2D eigenvalue weighted by Crippen LogP contribution is 2.26. The molecule has 0 aliphatic rings. The Morgan fingerprint density at radius 1 is 1.26 bits per heavy atom. The van der Waals surface area contributed by atoms with E-state index in [4.69, 9.17) is 11.6 Å². The lowest BCUT2D eigenvalue weighted by atomic mass is 10.2. The van der Waals surface area contributed by atoms with Crippen molar-refractivity contribution in [3.8, 4) is 11.3 Å². The standard InChI is InChI=1S/C18H20ClN5OS2/c1-3-9-24-15(4-2)22-23-18(24)27-11-16(25)21-17-20-14(10-26-17)12-5-7-13(19)8-6-12/h5-8,10H,3-4,9,11H2,1-2H3,(H,20,21,25). The molecule has 9 heteroatoms. The SMILES string of the molecule is CCCn1c(CC)nnc1SCC(=O)Nc1nc(-c2ccc(Cl)cc2)cs1. The van der Waals surface area contributed by atoms with Crippen LogP contribution in [0.4, 0.5) is 5.13 Å². The number of aryl methyl sites for hydroxylation is 1. The molecule has 0 unspecified atom stereocenters. The molecule has 0 aliphatic carbocycles. The first-order chi connectivity index (χ1) is 13.1. The number of aromatic nitrogens is 4. The van der Waals surface area contributed by atoms with Gasteiger partial charge in [0, 0.05) is 28.9 Å². The Kier molecular flexibility index (Phi) is 6.87. The third kappa shape index (κ3) is 5.09. The fourth-order valence-electron chi connectivity index (χ4n) is 2.51. The van der Waals surface area contributed by atoms with Gasteiger partial charge in [0.1, 0.15) is 5.82 Å². The van der Waals surface area contributed by atoms with E-state index in [2.05, 4.69) is 38.9 Å². The van der Waals surface area contributed by atoms with Gasteiger partial charge in [-0.15, -0.1) is 21.5 Å². The summed E-state index contributed by atoms with van der Waals surface area (Å²) in [6.07, 6.45) is 1.82. The molecule has 2 heterocycles. The third-order valence-electron chi connectivity index (χ3n) is 3.78. The van der Waals surface area contributed by atoms with Crippen molar-refractivity contribution in [3.05, 3.63) is 40.5 Å². The van der Waals surface area contributed by atoms with E-state index in [0.717, 1.165) is 41.6 Å². The molecule has 1 aromatic carbocycles. The van der Waals surface area contributed by atoms with Crippen LogP contribution in [0.5, 0.6) is 0 Å². The molecule has 2 aromatic heterocycles. The summed E-state index contributed by atoms with van der Waals surface area (Å²) in [6, 6.07) is 7.46. The van der Waals surface area contributed by atoms with Crippen LogP contribution < -0.4 is 5.32 Å². The molecule has 0 saturated carbocycles. The molecule has 0 atom stereocenters. The van der Waals surface area contributed by atoms with Crippen molar-refractivity contribution in [2.45, 2.75) is 38.4 Å². The molecule has 0 fully saturated rings. The third-order valence-corrected chi connectivity index (χ3v) is 5.76. The number of anilines is 1. The quantitative estimate of drug-likeness (QED) is 0.531. The summed E-state index contributed by atoms with van der Waals surface area (Å²) in [5.74, 6) is 1.11. The van der Waals surface area contributed by atoms with Crippen molar-refractivity contribution in [2.24, 2.45) is 0 Å². The highest BCUT2D eigenvalue weighted by atomic mass is 35.5. The maximum absolute atomic E-state index is 12.3. The van der Waals surface area contributed by atoms with E-state index in [0.29, 0.717) is 10.2 Å². The van der Waals surface area contributed by atoms with Crippen LogP contribution in [0.1, 0.15) is 26.1 Å². The predicted octanol–water partition coefficient (Wildman–Crippen LogP) is 4.76. The van der Waals surface area contributed by atoms with Crippen LogP contribution in [0.15, 0.2) is 34.8 Å². The van der Waals surface area contributed by atoms with E-state index in [1.165, 1.54) is 23.1 Å².